The van der Waals surface area contributed by atoms with E-state index >= 15 is 0 Å². The maximum atomic E-state index is 12.9. The Labute approximate surface area is 171 Å². The number of amides is 1. The minimum absolute atomic E-state index is 0.0764. The highest BCUT2D eigenvalue weighted by Gasteiger charge is 2.30. The summed E-state index contributed by atoms with van der Waals surface area (Å²) in [6.45, 7) is 1.23. The monoisotopic (exact) mass is 415 g/mol. The Balaban J connectivity index is 1.45. The Hall–Kier alpha value is -3.13. The van der Waals surface area contributed by atoms with E-state index in [1.54, 1.807) is 36.4 Å². The second kappa shape index (κ2) is 8.31. The first-order valence-electron chi connectivity index (χ1n) is 9.63. The van der Waals surface area contributed by atoms with Crippen LogP contribution in [-0.4, -0.2) is 35.4 Å². The molecule has 0 spiro atoms. The molecule has 0 saturated carbocycles. The molecular weight excluding hydrogens is 395 g/mol. The fourth-order valence-electron chi connectivity index (χ4n) is 3.39. The first-order chi connectivity index (χ1) is 14.4. The first kappa shape index (κ1) is 20.2. The molecule has 1 saturated heterocycles. The number of rotatable bonds is 5. The fraction of sp³-hybridized carbons (Fsp3) is 0.273. The zero-order chi connectivity index (χ0) is 21.1. The lowest BCUT2D eigenvalue weighted by Gasteiger charge is -2.10. The van der Waals surface area contributed by atoms with Crippen LogP contribution in [0.3, 0.4) is 0 Å². The van der Waals surface area contributed by atoms with Crippen LogP contribution in [0.5, 0.6) is 0 Å². The molecule has 156 valence electrons. The molecule has 1 aliphatic rings. The van der Waals surface area contributed by atoms with Crippen molar-refractivity contribution in [1.29, 1.82) is 0 Å². The smallest absolute Gasteiger partial charge is 0.376 e. The van der Waals surface area contributed by atoms with Gasteiger partial charge in [0.15, 0.2) is 0 Å². The van der Waals surface area contributed by atoms with Crippen LogP contribution in [0.1, 0.15) is 28.8 Å². The summed E-state index contributed by atoms with van der Waals surface area (Å²) in [5, 5.41) is 9.84. The molecule has 0 bridgehead atoms. The molecule has 3 aromatic rings. The van der Waals surface area contributed by atoms with Crippen LogP contribution in [0.15, 0.2) is 54.6 Å². The van der Waals surface area contributed by atoms with Gasteiger partial charge in [-0.25, -0.2) is 0 Å². The van der Waals surface area contributed by atoms with E-state index in [-0.39, 0.29) is 12.0 Å². The molecule has 5 nitrogen and oxygen atoms in total. The van der Waals surface area contributed by atoms with E-state index in [0.29, 0.717) is 29.1 Å². The van der Waals surface area contributed by atoms with Gasteiger partial charge in [0.25, 0.3) is 5.91 Å². The van der Waals surface area contributed by atoms with Crippen molar-refractivity contribution in [3.05, 3.63) is 65.7 Å². The second-order valence-corrected chi connectivity index (χ2v) is 7.17. The highest BCUT2D eigenvalue weighted by molar-refractivity contribution is 5.94. The largest absolute Gasteiger partial charge is 0.416 e. The lowest BCUT2D eigenvalue weighted by Crippen LogP contribution is -2.31. The number of carbonyl (C=O) groups excluding carboxylic acids is 1. The van der Waals surface area contributed by atoms with Gasteiger partial charge in [-0.15, -0.1) is 0 Å². The molecule has 0 radical (unpaired) electrons. The summed E-state index contributed by atoms with van der Waals surface area (Å²) in [6, 6.07) is 13.7. The molecule has 1 unspecified atom stereocenters. The molecule has 2 aromatic carbocycles. The molecule has 1 atom stereocenters. The standard InChI is InChI=1S/C22H20F3N3O2/c23-22(24,25)17-4-1-3-16(11-17)20-12-19(27-28-20)14-6-8-15(9-7-14)21(29)26-13-18-5-2-10-30-18/h1,3-4,6-9,11-12,18H,2,5,10,13H2,(H,26,29)(H,27,28). The number of halogens is 3. The number of carbonyl (C=O) groups is 1. The van der Waals surface area contributed by atoms with Crippen LogP contribution < -0.4 is 5.32 Å². The maximum Gasteiger partial charge on any atom is 0.416 e. The van der Waals surface area contributed by atoms with E-state index in [4.69, 9.17) is 4.74 Å². The molecular formula is C22H20F3N3O2. The molecule has 2 heterocycles. The molecule has 4 rings (SSSR count). The number of hydrogen-bond acceptors (Lipinski definition) is 3. The molecule has 1 fully saturated rings. The van der Waals surface area contributed by atoms with Gasteiger partial charge in [-0.2, -0.15) is 18.3 Å². The zero-order valence-corrected chi connectivity index (χ0v) is 16.0. The number of aromatic nitrogens is 2. The van der Waals surface area contributed by atoms with Crippen LogP contribution in [0.4, 0.5) is 13.2 Å². The number of H-pyrrole nitrogens is 1. The lowest BCUT2D eigenvalue weighted by molar-refractivity contribution is -0.137. The summed E-state index contributed by atoms with van der Waals surface area (Å²) in [5.74, 6) is -0.175. The van der Waals surface area contributed by atoms with Crippen molar-refractivity contribution in [2.24, 2.45) is 0 Å². The summed E-state index contributed by atoms with van der Waals surface area (Å²) in [5.41, 5.74) is 2.01. The van der Waals surface area contributed by atoms with Gasteiger partial charge < -0.3 is 10.1 Å². The van der Waals surface area contributed by atoms with Gasteiger partial charge in [0, 0.05) is 24.3 Å². The summed E-state index contributed by atoms with van der Waals surface area (Å²) >= 11 is 0. The molecule has 1 aliphatic heterocycles. The predicted molar refractivity (Wildman–Crippen MR) is 106 cm³/mol. The van der Waals surface area contributed by atoms with Crippen molar-refractivity contribution in [3.63, 3.8) is 0 Å². The number of ether oxygens (including phenoxy) is 1. The van der Waals surface area contributed by atoms with E-state index < -0.39 is 11.7 Å². The predicted octanol–water partition coefficient (Wildman–Crippen LogP) is 4.67. The van der Waals surface area contributed by atoms with E-state index in [9.17, 15) is 18.0 Å². The van der Waals surface area contributed by atoms with E-state index in [1.165, 1.54) is 6.07 Å². The Morgan fingerprint density at radius 1 is 1.13 bits per heavy atom. The second-order valence-electron chi connectivity index (χ2n) is 7.17. The molecule has 1 aromatic heterocycles. The summed E-state index contributed by atoms with van der Waals surface area (Å²) < 4.78 is 44.3. The number of benzene rings is 2. The summed E-state index contributed by atoms with van der Waals surface area (Å²) in [4.78, 5) is 12.3. The van der Waals surface area contributed by atoms with E-state index in [1.807, 2.05) is 0 Å². The van der Waals surface area contributed by atoms with Crippen LogP contribution in [-0.2, 0) is 10.9 Å². The molecule has 0 aliphatic carbocycles. The SMILES string of the molecule is O=C(NCC1CCCO1)c1ccc(-c2cc(-c3cccc(C(F)(F)F)c3)n[nH]2)cc1. The van der Waals surface area contributed by atoms with Gasteiger partial charge in [-0.1, -0.05) is 24.3 Å². The Kier molecular flexibility index (Phi) is 5.59. The molecule has 8 heteroatoms. The van der Waals surface area contributed by atoms with Gasteiger partial charge in [-0.3, -0.25) is 9.89 Å². The zero-order valence-electron chi connectivity index (χ0n) is 16.0. The minimum Gasteiger partial charge on any atom is -0.376 e. The average Bonchev–Trinajstić information content (AvgIpc) is 3.44. The normalized spacial score (nSPS) is 16.6. The number of hydrogen-bond donors (Lipinski definition) is 2. The van der Waals surface area contributed by atoms with Crippen molar-refractivity contribution in [1.82, 2.24) is 15.5 Å². The van der Waals surface area contributed by atoms with Crippen molar-refractivity contribution in [2.75, 3.05) is 13.2 Å². The minimum atomic E-state index is -4.41. The number of alkyl halides is 3. The van der Waals surface area contributed by atoms with Gasteiger partial charge >= 0.3 is 6.18 Å². The highest BCUT2D eigenvalue weighted by Crippen LogP contribution is 2.32. The summed E-state index contributed by atoms with van der Waals surface area (Å²) in [6.07, 6.45) is -2.36. The third kappa shape index (κ3) is 4.54. The molecule has 30 heavy (non-hydrogen) atoms. The molecule has 2 N–H and O–H groups in total. The van der Waals surface area contributed by atoms with Crippen molar-refractivity contribution in [2.45, 2.75) is 25.1 Å². The Bertz CT molecular complexity index is 1020. The van der Waals surface area contributed by atoms with Gasteiger partial charge in [0.1, 0.15) is 0 Å². The topological polar surface area (TPSA) is 67.0 Å². The molecule has 1 amide bonds. The Morgan fingerprint density at radius 3 is 2.63 bits per heavy atom. The van der Waals surface area contributed by atoms with Crippen molar-refractivity contribution in [3.8, 4) is 22.5 Å². The van der Waals surface area contributed by atoms with Crippen molar-refractivity contribution >= 4 is 5.91 Å². The lowest BCUT2D eigenvalue weighted by atomic mass is 10.1. The highest BCUT2D eigenvalue weighted by atomic mass is 19.4. The van der Waals surface area contributed by atoms with Gasteiger partial charge in [0.2, 0.25) is 0 Å². The average molecular weight is 415 g/mol. The van der Waals surface area contributed by atoms with Crippen molar-refractivity contribution < 1.29 is 22.7 Å². The third-order valence-corrected chi connectivity index (χ3v) is 5.04. The number of nitrogens with zero attached hydrogens (tertiary/aromatic N) is 1. The summed E-state index contributed by atoms with van der Waals surface area (Å²) in [7, 11) is 0. The van der Waals surface area contributed by atoms with Crippen LogP contribution >= 0.6 is 0 Å². The van der Waals surface area contributed by atoms with Gasteiger partial charge in [-0.05, 0) is 48.7 Å². The van der Waals surface area contributed by atoms with Gasteiger partial charge in [0.05, 0.1) is 23.1 Å². The maximum absolute atomic E-state index is 12.9. The number of nitrogens with one attached hydrogen (secondary N) is 2. The third-order valence-electron chi connectivity index (χ3n) is 5.04. The first-order valence-corrected chi connectivity index (χ1v) is 9.63. The fourth-order valence-corrected chi connectivity index (χ4v) is 3.39. The number of aromatic amines is 1. The van der Waals surface area contributed by atoms with E-state index in [0.717, 1.165) is 37.1 Å². The van der Waals surface area contributed by atoms with E-state index in [2.05, 4.69) is 15.5 Å². The Morgan fingerprint density at radius 2 is 1.93 bits per heavy atom. The van der Waals surface area contributed by atoms with Crippen LogP contribution in [0, 0.1) is 0 Å². The van der Waals surface area contributed by atoms with Crippen LogP contribution in [0.25, 0.3) is 22.5 Å². The quantitative estimate of drug-likeness (QED) is 0.636. The van der Waals surface area contributed by atoms with Crippen LogP contribution in [0.2, 0.25) is 0 Å².